The number of nitrogens with one attached hydrogen (secondary N) is 1. The zero-order valence-corrected chi connectivity index (χ0v) is 9.48. The summed E-state index contributed by atoms with van der Waals surface area (Å²) in [5.41, 5.74) is 6.44. The summed E-state index contributed by atoms with van der Waals surface area (Å²) in [5, 5.41) is 3.28. The van der Waals surface area contributed by atoms with Crippen molar-refractivity contribution in [1.82, 2.24) is 5.32 Å². The topological polar surface area (TPSA) is 38.0 Å². The van der Waals surface area contributed by atoms with Crippen LogP contribution in [0.15, 0.2) is 24.3 Å². The Labute approximate surface area is 94.7 Å². The van der Waals surface area contributed by atoms with Crippen LogP contribution in [-0.4, -0.2) is 5.11 Å². The maximum atomic E-state index is 12.7. The largest absolute Gasteiger partial charge is 0.376 e. The van der Waals surface area contributed by atoms with Crippen LogP contribution in [0.2, 0.25) is 0 Å². The number of benzene rings is 1. The van der Waals surface area contributed by atoms with Crippen LogP contribution in [0, 0.1) is 5.82 Å². The van der Waals surface area contributed by atoms with Crippen LogP contribution in [0.5, 0.6) is 0 Å². The number of hydrogen-bond acceptors (Lipinski definition) is 1. The SMILES string of the molecule is CCC[C@H](NC(N)=S)c1ccc(F)cc1. The van der Waals surface area contributed by atoms with E-state index in [4.69, 9.17) is 18.0 Å². The summed E-state index contributed by atoms with van der Waals surface area (Å²) in [6.07, 6.45) is 1.93. The number of thiocarbonyl (C=S) groups is 1. The highest BCUT2D eigenvalue weighted by atomic mass is 32.1. The van der Waals surface area contributed by atoms with E-state index in [0.717, 1.165) is 18.4 Å². The Bertz CT molecular complexity index is 324. The molecule has 2 nitrogen and oxygen atoms in total. The minimum atomic E-state index is -0.232. The van der Waals surface area contributed by atoms with E-state index in [1.807, 2.05) is 0 Å². The molecule has 0 aliphatic carbocycles. The van der Waals surface area contributed by atoms with Crippen LogP contribution >= 0.6 is 12.2 Å². The average Bonchev–Trinajstić information content (AvgIpc) is 2.17. The van der Waals surface area contributed by atoms with Crippen LogP contribution in [0.25, 0.3) is 0 Å². The van der Waals surface area contributed by atoms with Gasteiger partial charge in [0.1, 0.15) is 5.82 Å². The molecule has 0 heterocycles. The molecule has 82 valence electrons. The Morgan fingerprint density at radius 3 is 2.53 bits per heavy atom. The molecular formula is C11H15FN2S. The zero-order chi connectivity index (χ0) is 11.3. The van der Waals surface area contributed by atoms with Crippen LogP contribution < -0.4 is 11.1 Å². The third-order valence-corrected chi connectivity index (χ3v) is 2.28. The number of hydrogen-bond donors (Lipinski definition) is 2. The number of rotatable bonds is 4. The second kappa shape index (κ2) is 5.66. The maximum absolute atomic E-state index is 12.7. The molecule has 0 unspecified atom stereocenters. The molecule has 4 heteroatoms. The first kappa shape index (κ1) is 11.9. The number of nitrogens with two attached hydrogens (primary N) is 1. The first-order valence-corrected chi connectivity index (χ1v) is 5.35. The molecular weight excluding hydrogens is 211 g/mol. The molecule has 15 heavy (non-hydrogen) atoms. The predicted octanol–water partition coefficient (Wildman–Crippen LogP) is 2.50. The van der Waals surface area contributed by atoms with E-state index < -0.39 is 0 Å². The van der Waals surface area contributed by atoms with Gasteiger partial charge >= 0.3 is 0 Å². The molecule has 0 saturated heterocycles. The molecule has 1 aromatic carbocycles. The third-order valence-electron chi connectivity index (χ3n) is 2.17. The molecule has 0 radical (unpaired) electrons. The summed E-state index contributed by atoms with van der Waals surface area (Å²) < 4.78 is 12.7. The smallest absolute Gasteiger partial charge is 0.164 e. The predicted molar refractivity (Wildman–Crippen MR) is 64.0 cm³/mol. The van der Waals surface area contributed by atoms with Gasteiger partial charge in [-0.1, -0.05) is 25.5 Å². The highest BCUT2D eigenvalue weighted by molar-refractivity contribution is 7.80. The van der Waals surface area contributed by atoms with Crippen molar-refractivity contribution in [3.63, 3.8) is 0 Å². The van der Waals surface area contributed by atoms with Crippen molar-refractivity contribution in [2.24, 2.45) is 5.73 Å². The van der Waals surface area contributed by atoms with Crippen molar-refractivity contribution in [2.75, 3.05) is 0 Å². The first-order valence-electron chi connectivity index (χ1n) is 4.95. The van der Waals surface area contributed by atoms with E-state index in [2.05, 4.69) is 12.2 Å². The lowest BCUT2D eigenvalue weighted by Crippen LogP contribution is -2.32. The lowest BCUT2D eigenvalue weighted by molar-refractivity contribution is 0.578. The summed E-state index contributed by atoms with van der Waals surface area (Å²) in [6, 6.07) is 6.47. The fourth-order valence-electron chi connectivity index (χ4n) is 1.48. The minimum absolute atomic E-state index is 0.0769. The maximum Gasteiger partial charge on any atom is 0.164 e. The van der Waals surface area contributed by atoms with Gasteiger partial charge in [-0.3, -0.25) is 0 Å². The molecule has 0 fully saturated rings. The van der Waals surface area contributed by atoms with Gasteiger partial charge in [0.15, 0.2) is 5.11 Å². The van der Waals surface area contributed by atoms with Gasteiger partial charge in [0, 0.05) is 0 Å². The minimum Gasteiger partial charge on any atom is -0.376 e. The van der Waals surface area contributed by atoms with Gasteiger partial charge in [0.25, 0.3) is 0 Å². The molecule has 1 atom stereocenters. The fourth-order valence-corrected chi connectivity index (χ4v) is 1.62. The lowest BCUT2D eigenvalue weighted by atomic mass is 10.0. The second-order valence-electron chi connectivity index (χ2n) is 3.40. The van der Waals surface area contributed by atoms with E-state index in [9.17, 15) is 4.39 Å². The van der Waals surface area contributed by atoms with Crippen molar-refractivity contribution >= 4 is 17.3 Å². The van der Waals surface area contributed by atoms with Crippen LogP contribution in [-0.2, 0) is 0 Å². The van der Waals surface area contributed by atoms with Gasteiger partial charge in [-0.15, -0.1) is 0 Å². The quantitative estimate of drug-likeness (QED) is 0.775. The van der Waals surface area contributed by atoms with Crippen molar-refractivity contribution < 1.29 is 4.39 Å². The molecule has 0 aromatic heterocycles. The summed E-state index contributed by atoms with van der Waals surface area (Å²) in [7, 11) is 0. The molecule has 3 N–H and O–H groups in total. The van der Waals surface area contributed by atoms with Gasteiger partial charge in [0.05, 0.1) is 6.04 Å². The second-order valence-corrected chi connectivity index (χ2v) is 3.84. The molecule has 0 aliphatic heterocycles. The summed E-state index contributed by atoms with van der Waals surface area (Å²) in [6.45, 7) is 2.08. The van der Waals surface area contributed by atoms with E-state index in [0.29, 0.717) is 0 Å². The molecule has 0 bridgehead atoms. The third kappa shape index (κ3) is 3.83. The molecule has 0 aliphatic rings. The van der Waals surface area contributed by atoms with Crippen LogP contribution in [0.4, 0.5) is 4.39 Å². The summed E-state index contributed by atoms with van der Waals surface area (Å²) in [4.78, 5) is 0. The Kier molecular flexibility index (Phi) is 4.49. The van der Waals surface area contributed by atoms with Gasteiger partial charge in [0.2, 0.25) is 0 Å². The monoisotopic (exact) mass is 226 g/mol. The van der Waals surface area contributed by atoms with Crippen LogP contribution in [0.1, 0.15) is 31.4 Å². The average molecular weight is 226 g/mol. The molecule has 1 aromatic rings. The van der Waals surface area contributed by atoms with Gasteiger partial charge in [-0.2, -0.15) is 0 Å². The Morgan fingerprint density at radius 2 is 2.07 bits per heavy atom. The van der Waals surface area contributed by atoms with E-state index in [-0.39, 0.29) is 17.0 Å². The van der Waals surface area contributed by atoms with Crippen LogP contribution in [0.3, 0.4) is 0 Å². The summed E-state index contributed by atoms with van der Waals surface area (Å²) in [5.74, 6) is -0.232. The molecule has 0 saturated carbocycles. The lowest BCUT2D eigenvalue weighted by Gasteiger charge is -2.18. The zero-order valence-electron chi connectivity index (χ0n) is 8.66. The van der Waals surface area contributed by atoms with Crippen molar-refractivity contribution in [2.45, 2.75) is 25.8 Å². The standard InChI is InChI=1S/C11H15FN2S/c1-2-3-10(14-11(13)15)8-4-6-9(12)7-5-8/h4-7,10H,2-3H2,1H3,(H3,13,14,15)/t10-/m0/s1. The van der Waals surface area contributed by atoms with E-state index in [1.165, 1.54) is 12.1 Å². The van der Waals surface area contributed by atoms with E-state index in [1.54, 1.807) is 12.1 Å². The van der Waals surface area contributed by atoms with Gasteiger partial charge in [-0.05, 0) is 36.3 Å². The molecule has 0 amide bonds. The Morgan fingerprint density at radius 1 is 1.47 bits per heavy atom. The summed E-state index contributed by atoms with van der Waals surface area (Å²) >= 11 is 4.80. The molecule has 0 spiro atoms. The van der Waals surface area contributed by atoms with Crippen molar-refractivity contribution in [3.8, 4) is 0 Å². The normalized spacial score (nSPS) is 12.1. The van der Waals surface area contributed by atoms with Gasteiger partial charge in [-0.25, -0.2) is 4.39 Å². The molecule has 1 rings (SSSR count). The highest BCUT2D eigenvalue weighted by Crippen LogP contribution is 2.18. The first-order chi connectivity index (χ1) is 7.13. The number of halogens is 1. The van der Waals surface area contributed by atoms with E-state index >= 15 is 0 Å². The Balaban J connectivity index is 2.78. The fraction of sp³-hybridized carbons (Fsp3) is 0.364. The van der Waals surface area contributed by atoms with Gasteiger partial charge < -0.3 is 11.1 Å². The van der Waals surface area contributed by atoms with Crippen molar-refractivity contribution in [1.29, 1.82) is 0 Å². The Hall–Kier alpha value is -1.16. The van der Waals surface area contributed by atoms with Crippen molar-refractivity contribution in [3.05, 3.63) is 35.6 Å². The highest BCUT2D eigenvalue weighted by Gasteiger charge is 2.10.